The molecule has 0 saturated heterocycles. The first kappa shape index (κ1) is 7.84. The summed E-state index contributed by atoms with van der Waals surface area (Å²) >= 11 is 0. The number of hydrogen-bond donors (Lipinski definition) is 0. The molecule has 0 bridgehead atoms. The number of allylic oxidation sites excluding steroid dienone is 4. The second kappa shape index (κ2) is 3.01. The summed E-state index contributed by atoms with van der Waals surface area (Å²) in [6.45, 7) is 0. The molecule has 0 aromatic heterocycles. The molecule has 3 aliphatic carbocycles. The van der Waals surface area contributed by atoms with Crippen LogP contribution in [0.4, 0.5) is 0 Å². The number of rotatable bonds is 0. The van der Waals surface area contributed by atoms with Crippen LogP contribution < -0.4 is 0 Å². The molecule has 1 saturated carbocycles. The second-order valence-corrected chi connectivity index (χ2v) is 4.95. The molecule has 0 spiro atoms. The van der Waals surface area contributed by atoms with Gasteiger partial charge in [-0.15, -0.1) is 0 Å². The molecule has 3 rings (SSSR count). The van der Waals surface area contributed by atoms with Crippen LogP contribution in [0, 0.1) is 11.8 Å². The molecular weight excluding hydrogens is 156 g/mol. The summed E-state index contributed by atoms with van der Waals surface area (Å²) in [5.41, 5.74) is 3.49. The molecule has 1 fully saturated rings. The second-order valence-electron chi connectivity index (χ2n) is 4.95. The third kappa shape index (κ3) is 1.27. The van der Waals surface area contributed by atoms with Gasteiger partial charge in [0.15, 0.2) is 0 Å². The highest BCUT2D eigenvalue weighted by molar-refractivity contribution is 5.36. The molecule has 13 heavy (non-hydrogen) atoms. The summed E-state index contributed by atoms with van der Waals surface area (Å²) in [4.78, 5) is 0. The Morgan fingerprint density at radius 2 is 1.77 bits per heavy atom. The van der Waals surface area contributed by atoms with E-state index in [2.05, 4.69) is 12.2 Å². The van der Waals surface area contributed by atoms with E-state index in [0.717, 1.165) is 11.8 Å². The van der Waals surface area contributed by atoms with Crippen molar-refractivity contribution in [3.8, 4) is 0 Å². The molecular formula is C13H18. The van der Waals surface area contributed by atoms with Crippen LogP contribution in [0.1, 0.15) is 44.9 Å². The molecule has 70 valence electrons. The Labute approximate surface area is 80.7 Å². The van der Waals surface area contributed by atoms with E-state index in [0.29, 0.717) is 0 Å². The highest BCUT2D eigenvalue weighted by Crippen LogP contribution is 2.45. The third-order valence-corrected chi connectivity index (χ3v) is 4.19. The molecule has 0 aliphatic heterocycles. The maximum absolute atomic E-state index is 2.39. The fraction of sp³-hybridized carbons (Fsp3) is 0.692. The first-order valence-electron chi connectivity index (χ1n) is 5.81. The maximum Gasteiger partial charge on any atom is -0.0130 e. The van der Waals surface area contributed by atoms with Crippen LogP contribution in [-0.2, 0) is 0 Å². The van der Waals surface area contributed by atoms with Gasteiger partial charge in [0, 0.05) is 0 Å². The van der Waals surface area contributed by atoms with E-state index in [4.69, 9.17) is 0 Å². The Bertz CT molecular complexity index is 270. The summed E-state index contributed by atoms with van der Waals surface area (Å²) in [5, 5.41) is 0. The average Bonchev–Trinajstić information content (AvgIpc) is 2.61. The van der Waals surface area contributed by atoms with Gasteiger partial charge in [-0.1, -0.05) is 30.6 Å². The minimum absolute atomic E-state index is 1.05. The van der Waals surface area contributed by atoms with Crippen molar-refractivity contribution in [3.05, 3.63) is 23.3 Å². The van der Waals surface area contributed by atoms with Crippen molar-refractivity contribution >= 4 is 0 Å². The van der Waals surface area contributed by atoms with Crippen LogP contribution in [0.25, 0.3) is 0 Å². The lowest BCUT2D eigenvalue weighted by Crippen LogP contribution is -2.23. The van der Waals surface area contributed by atoms with Crippen LogP contribution in [0.15, 0.2) is 23.3 Å². The zero-order chi connectivity index (χ0) is 8.67. The Kier molecular flexibility index (Phi) is 1.81. The topological polar surface area (TPSA) is 0 Å². The van der Waals surface area contributed by atoms with Crippen molar-refractivity contribution < 1.29 is 0 Å². The summed E-state index contributed by atoms with van der Waals surface area (Å²) in [6, 6.07) is 0. The minimum atomic E-state index is 1.05. The van der Waals surface area contributed by atoms with E-state index in [9.17, 15) is 0 Å². The van der Waals surface area contributed by atoms with E-state index in [1.165, 1.54) is 44.9 Å². The van der Waals surface area contributed by atoms with Crippen LogP contribution in [0.3, 0.4) is 0 Å². The van der Waals surface area contributed by atoms with Crippen molar-refractivity contribution in [2.75, 3.05) is 0 Å². The van der Waals surface area contributed by atoms with Gasteiger partial charge in [0.25, 0.3) is 0 Å². The lowest BCUT2D eigenvalue weighted by Gasteiger charge is -2.36. The smallest absolute Gasteiger partial charge is 0.0130 e. The van der Waals surface area contributed by atoms with Gasteiger partial charge in [-0.05, 0) is 49.5 Å². The molecule has 0 aromatic carbocycles. The number of fused-ring (bicyclic) bond motifs is 1. The van der Waals surface area contributed by atoms with E-state index in [1.807, 2.05) is 0 Å². The summed E-state index contributed by atoms with van der Waals surface area (Å²) in [7, 11) is 0. The molecule has 0 aromatic rings. The zero-order valence-electron chi connectivity index (χ0n) is 8.26. The molecule has 0 nitrogen and oxygen atoms in total. The fourth-order valence-corrected chi connectivity index (χ4v) is 3.44. The quantitative estimate of drug-likeness (QED) is 0.523. The van der Waals surface area contributed by atoms with E-state index in [-0.39, 0.29) is 0 Å². The van der Waals surface area contributed by atoms with E-state index >= 15 is 0 Å². The van der Waals surface area contributed by atoms with Crippen LogP contribution in [0.5, 0.6) is 0 Å². The molecule has 0 heterocycles. The average molecular weight is 174 g/mol. The first-order valence-corrected chi connectivity index (χ1v) is 5.81. The van der Waals surface area contributed by atoms with Gasteiger partial charge in [-0.2, -0.15) is 0 Å². The lowest BCUT2D eigenvalue weighted by atomic mass is 9.69. The molecule has 0 N–H and O–H groups in total. The fourth-order valence-electron chi connectivity index (χ4n) is 3.44. The van der Waals surface area contributed by atoms with Crippen molar-refractivity contribution in [3.63, 3.8) is 0 Å². The Hall–Kier alpha value is -0.520. The summed E-state index contributed by atoms with van der Waals surface area (Å²) < 4.78 is 0. The zero-order valence-corrected chi connectivity index (χ0v) is 8.26. The van der Waals surface area contributed by atoms with Crippen LogP contribution in [-0.4, -0.2) is 0 Å². The third-order valence-electron chi connectivity index (χ3n) is 4.19. The maximum atomic E-state index is 2.39. The van der Waals surface area contributed by atoms with Gasteiger partial charge in [0.05, 0.1) is 0 Å². The Morgan fingerprint density at radius 1 is 1.00 bits per heavy atom. The van der Waals surface area contributed by atoms with Crippen molar-refractivity contribution in [1.82, 2.24) is 0 Å². The molecule has 2 atom stereocenters. The van der Waals surface area contributed by atoms with E-state index in [1.54, 1.807) is 11.1 Å². The molecule has 3 aliphatic rings. The predicted molar refractivity (Wildman–Crippen MR) is 55.5 cm³/mol. The first-order chi connectivity index (χ1) is 6.43. The van der Waals surface area contributed by atoms with Crippen LogP contribution in [0.2, 0.25) is 0 Å². The van der Waals surface area contributed by atoms with Crippen molar-refractivity contribution in [1.29, 1.82) is 0 Å². The van der Waals surface area contributed by atoms with Gasteiger partial charge in [0.1, 0.15) is 0 Å². The van der Waals surface area contributed by atoms with Gasteiger partial charge in [-0.3, -0.25) is 0 Å². The van der Waals surface area contributed by atoms with Gasteiger partial charge >= 0.3 is 0 Å². The summed E-state index contributed by atoms with van der Waals surface area (Å²) in [5.74, 6) is 2.11. The Morgan fingerprint density at radius 3 is 2.62 bits per heavy atom. The Balaban J connectivity index is 1.83. The van der Waals surface area contributed by atoms with Gasteiger partial charge in [-0.25, -0.2) is 0 Å². The predicted octanol–water partition coefficient (Wildman–Crippen LogP) is 3.84. The van der Waals surface area contributed by atoms with Crippen LogP contribution >= 0.6 is 0 Å². The van der Waals surface area contributed by atoms with Gasteiger partial charge < -0.3 is 0 Å². The monoisotopic (exact) mass is 174 g/mol. The summed E-state index contributed by atoms with van der Waals surface area (Å²) in [6.07, 6.45) is 14.9. The number of hydrogen-bond acceptors (Lipinski definition) is 0. The lowest BCUT2D eigenvalue weighted by molar-refractivity contribution is 0.222. The SMILES string of the molecule is C1=CC2=C(C1)CC1CCCCC1C2. The highest BCUT2D eigenvalue weighted by atomic mass is 14.4. The highest BCUT2D eigenvalue weighted by Gasteiger charge is 2.31. The van der Waals surface area contributed by atoms with Crippen molar-refractivity contribution in [2.45, 2.75) is 44.9 Å². The molecule has 0 heteroatoms. The largest absolute Gasteiger partial charge is 0.0802 e. The minimum Gasteiger partial charge on any atom is -0.0802 e. The normalized spacial score (nSPS) is 37.5. The van der Waals surface area contributed by atoms with Gasteiger partial charge in [0.2, 0.25) is 0 Å². The molecule has 2 unspecified atom stereocenters. The van der Waals surface area contributed by atoms with E-state index < -0.39 is 0 Å². The van der Waals surface area contributed by atoms with Crippen molar-refractivity contribution in [2.24, 2.45) is 11.8 Å². The molecule has 0 radical (unpaired) electrons. The molecule has 0 amide bonds. The standard InChI is InChI=1S/C13H18/c1-2-5-11-9-13-7-3-6-12(13)8-10(11)4-1/h3,6,10-11H,1-2,4-5,7-9H2.